The maximum absolute atomic E-state index is 12.4. The highest BCUT2D eigenvalue weighted by Crippen LogP contribution is 2.54. The Morgan fingerprint density at radius 3 is 2.77 bits per heavy atom. The molecular formula is C21H31ClN9O8P. The number of hydrogen-bond donors (Lipinski definition) is 7. The van der Waals surface area contributed by atoms with E-state index in [0.717, 1.165) is 30.4 Å². The summed E-state index contributed by atoms with van der Waals surface area (Å²) in [7, 11) is -5.02. The van der Waals surface area contributed by atoms with Crippen LogP contribution in [0, 0.1) is 0 Å². The van der Waals surface area contributed by atoms with E-state index in [2.05, 4.69) is 41.0 Å². The monoisotopic (exact) mass is 603 g/mol. The Labute approximate surface area is 232 Å². The molecule has 1 unspecified atom stereocenters. The number of hydrogen-bond acceptors (Lipinski definition) is 13. The van der Waals surface area contributed by atoms with E-state index in [1.165, 1.54) is 6.20 Å². The highest BCUT2D eigenvalue weighted by atomic mass is 35.5. The number of aliphatic hydroxyl groups is 3. The van der Waals surface area contributed by atoms with Crippen LogP contribution in [0.2, 0.25) is 5.28 Å². The van der Waals surface area contributed by atoms with Crippen molar-refractivity contribution >= 4 is 36.0 Å². The number of nitrogens with zero attached hydrogens (tertiary/aromatic N) is 7. The number of aromatic amines is 1. The minimum absolute atomic E-state index is 0.0816. The van der Waals surface area contributed by atoms with Crippen LogP contribution >= 0.6 is 19.2 Å². The molecule has 0 radical (unpaired) electrons. The lowest BCUT2D eigenvalue weighted by Crippen LogP contribution is -2.49. The molecule has 5 rings (SSSR count). The van der Waals surface area contributed by atoms with E-state index < -0.39 is 50.7 Å². The van der Waals surface area contributed by atoms with Crippen LogP contribution in [0.15, 0.2) is 6.20 Å². The highest BCUT2D eigenvalue weighted by molar-refractivity contribution is 7.53. The minimum atomic E-state index is -5.02. The van der Waals surface area contributed by atoms with Crippen LogP contribution in [0.25, 0.3) is 11.0 Å². The van der Waals surface area contributed by atoms with Crippen LogP contribution in [0.5, 0.6) is 0 Å². The third-order valence-electron chi connectivity index (χ3n) is 7.45. The maximum atomic E-state index is 12.4. The minimum Gasteiger partial charge on any atom is -0.393 e. The number of aliphatic hydroxyl groups excluding tert-OH is 2. The quantitative estimate of drug-likeness (QED) is 0.103. The zero-order chi connectivity index (χ0) is 28.5. The van der Waals surface area contributed by atoms with Crippen molar-refractivity contribution in [3.05, 3.63) is 17.3 Å². The second kappa shape index (κ2) is 11.5. The maximum Gasteiger partial charge on any atom is 0.359 e. The largest absolute Gasteiger partial charge is 0.393 e. The van der Waals surface area contributed by atoms with E-state index in [9.17, 15) is 29.7 Å². The van der Waals surface area contributed by atoms with E-state index >= 15 is 0 Å². The van der Waals surface area contributed by atoms with Gasteiger partial charge in [-0.3, -0.25) is 4.57 Å². The van der Waals surface area contributed by atoms with E-state index in [1.807, 2.05) is 0 Å². The van der Waals surface area contributed by atoms with Crippen LogP contribution in [-0.4, -0.2) is 109 Å². The number of H-pyrrole nitrogens is 1. The fourth-order valence-corrected chi connectivity index (χ4v) is 6.18. The molecule has 3 aromatic heterocycles. The van der Waals surface area contributed by atoms with Gasteiger partial charge in [0.25, 0.3) is 0 Å². The molecule has 17 nitrogen and oxygen atoms in total. The summed E-state index contributed by atoms with van der Waals surface area (Å²) in [6.45, 7) is -2.00. The average Bonchev–Trinajstić information content (AvgIpc) is 3.71. The molecular weight excluding hydrogens is 573 g/mol. The Balaban J connectivity index is 1.32. The normalized spacial score (nSPS) is 25.6. The first-order chi connectivity index (χ1) is 19.1. The molecule has 1 saturated carbocycles. The number of halogens is 1. The number of nitrogens with one attached hydrogen (secondary N) is 2. The van der Waals surface area contributed by atoms with Gasteiger partial charge >= 0.3 is 7.60 Å². The molecule has 7 N–H and O–H groups in total. The van der Waals surface area contributed by atoms with E-state index in [4.69, 9.17) is 21.1 Å². The van der Waals surface area contributed by atoms with Gasteiger partial charge in [-0.25, -0.2) is 4.68 Å². The highest BCUT2D eigenvalue weighted by Gasteiger charge is 2.54. The van der Waals surface area contributed by atoms with E-state index in [1.54, 1.807) is 0 Å². The third-order valence-corrected chi connectivity index (χ3v) is 9.18. The molecule has 220 valence electrons. The van der Waals surface area contributed by atoms with Gasteiger partial charge in [0, 0.05) is 12.5 Å². The van der Waals surface area contributed by atoms with Crippen LogP contribution in [0.4, 0.5) is 5.82 Å². The molecule has 2 fully saturated rings. The summed E-state index contributed by atoms with van der Waals surface area (Å²) >= 11 is 6.18. The Kier molecular flexibility index (Phi) is 8.39. The molecule has 4 heterocycles. The van der Waals surface area contributed by atoms with Crippen molar-refractivity contribution in [3.63, 3.8) is 0 Å². The van der Waals surface area contributed by atoms with Crippen molar-refractivity contribution in [1.82, 2.24) is 40.4 Å². The smallest absolute Gasteiger partial charge is 0.359 e. The number of tetrazole rings is 1. The number of aromatic nitrogens is 8. The summed E-state index contributed by atoms with van der Waals surface area (Å²) in [6.07, 6.45) is 2.85. The summed E-state index contributed by atoms with van der Waals surface area (Å²) in [4.78, 5) is 28.5. The predicted molar refractivity (Wildman–Crippen MR) is 137 cm³/mol. The molecule has 40 heavy (non-hydrogen) atoms. The lowest BCUT2D eigenvalue weighted by molar-refractivity contribution is -0.126. The van der Waals surface area contributed by atoms with Gasteiger partial charge < -0.3 is 39.9 Å². The van der Waals surface area contributed by atoms with Crippen molar-refractivity contribution < 1.29 is 39.1 Å². The molecule has 4 atom stereocenters. The first-order valence-corrected chi connectivity index (χ1v) is 14.8. The first kappa shape index (κ1) is 29.2. The van der Waals surface area contributed by atoms with Gasteiger partial charge in [-0.15, -0.1) is 10.2 Å². The number of ether oxygens (including phenoxy) is 2. The van der Waals surface area contributed by atoms with E-state index in [0.29, 0.717) is 17.0 Å². The summed E-state index contributed by atoms with van der Waals surface area (Å²) in [6, 6.07) is 0.218. The average molecular weight is 604 g/mol. The van der Waals surface area contributed by atoms with Gasteiger partial charge in [-0.2, -0.15) is 20.3 Å². The summed E-state index contributed by atoms with van der Waals surface area (Å²) < 4.78 is 24.6. The molecule has 3 aromatic rings. The first-order valence-electron chi connectivity index (χ1n) is 12.8. The lowest BCUT2D eigenvalue weighted by Gasteiger charge is -2.34. The van der Waals surface area contributed by atoms with E-state index in [-0.39, 0.29) is 36.2 Å². The molecule has 0 amide bonds. The fraction of sp³-hybridized carbons (Fsp3) is 0.714. The zero-order valence-electron chi connectivity index (χ0n) is 21.3. The topological polar surface area (TPSA) is 247 Å². The number of aryl methyl sites for hydroxylation is 1. The molecule has 19 heteroatoms. The van der Waals surface area contributed by atoms with Crippen LogP contribution in [0.3, 0.4) is 0 Å². The predicted octanol–water partition coefficient (Wildman–Crippen LogP) is -0.342. The van der Waals surface area contributed by atoms with Gasteiger partial charge in [0.05, 0.1) is 31.4 Å². The Bertz CT molecular complexity index is 1350. The van der Waals surface area contributed by atoms with Crippen molar-refractivity contribution in [2.45, 2.75) is 74.3 Å². The van der Waals surface area contributed by atoms with Crippen molar-refractivity contribution in [1.29, 1.82) is 0 Å². The van der Waals surface area contributed by atoms with Gasteiger partial charge in [0.2, 0.25) is 11.0 Å². The number of rotatable bonds is 12. The van der Waals surface area contributed by atoms with Gasteiger partial charge in [0.15, 0.2) is 16.8 Å². The second-order valence-electron chi connectivity index (χ2n) is 10.1. The standard InChI is InChI=1S/C21H31ClN9O8P/c22-19-25-17(24-12-4-1-2-5-12)13-8-23-31(18(13)26-19)21(34)11-38-14(16(21)33)9-39-20(10-32,40(35,36)37)7-3-6-15-27-29-30-28-15/h8,12,14,16,32-34H,1-7,9-11H2,(H,24,25,26)(H2,35,36,37)(H,27,28,29,30)/t14-,16-,20?,21-/m1/s1. The molecule has 1 aliphatic heterocycles. The zero-order valence-corrected chi connectivity index (χ0v) is 22.9. The molecule has 0 aromatic carbocycles. The Morgan fingerprint density at radius 1 is 1.32 bits per heavy atom. The van der Waals surface area contributed by atoms with Crippen LogP contribution < -0.4 is 5.32 Å². The molecule has 1 saturated heterocycles. The van der Waals surface area contributed by atoms with Crippen molar-refractivity contribution in [2.24, 2.45) is 0 Å². The molecule has 0 spiro atoms. The van der Waals surface area contributed by atoms with Crippen molar-refractivity contribution in [3.8, 4) is 0 Å². The molecule has 0 bridgehead atoms. The summed E-state index contributed by atoms with van der Waals surface area (Å²) in [5.74, 6) is 0.786. The third kappa shape index (κ3) is 5.57. The fourth-order valence-electron chi connectivity index (χ4n) is 5.14. The van der Waals surface area contributed by atoms with Gasteiger partial charge in [-0.05, 0) is 37.3 Å². The van der Waals surface area contributed by atoms with Gasteiger partial charge in [-0.1, -0.05) is 18.1 Å². The van der Waals surface area contributed by atoms with Gasteiger partial charge in [0.1, 0.15) is 18.0 Å². The Hall–Kier alpha value is -2.34. The number of fused-ring (bicyclic) bond motifs is 1. The second-order valence-corrected chi connectivity index (χ2v) is 12.3. The van der Waals surface area contributed by atoms with Crippen LogP contribution in [-0.2, 0) is 26.2 Å². The molecule has 1 aliphatic carbocycles. The summed E-state index contributed by atoms with van der Waals surface area (Å²) in [5.41, 5.74) is -1.95. The Morgan fingerprint density at radius 2 is 2.10 bits per heavy atom. The SMILES string of the molecule is O=P(O)(O)C(CO)(CCCc1nn[nH]n1)OC[C@H]1OC[C@](O)(n2ncc3c(NC4CCCC4)nc(Cl)nc32)[C@@H]1O. The van der Waals surface area contributed by atoms with Crippen LogP contribution in [0.1, 0.15) is 44.3 Å². The van der Waals surface area contributed by atoms with Crippen molar-refractivity contribution in [2.75, 3.05) is 25.1 Å². The lowest BCUT2D eigenvalue weighted by atomic mass is 10.1. The molecule has 2 aliphatic rings. The number of anilines is 1. The summed E-state index contributed by atoms with van der Waals surface area (Å²) in [5, 5.41) is 51.5.